The third kappa shape index (κ3) is 6.34. The van der Waals surface area contributed by atoms with Crippen LogP contribution >= 0.6 is 23.2 Å². The SMILES string of the molecule is CC1(C)C(/C=C/C=C/C=C/C=C2/N(CCC(=O)O)c3ccc(Cl)cc3C2(C)C)=[N+](CCC(=O)O)c2ccc(Cl)cc21. The minimum atomic E-state index is -0.842. The van der Waals surface area contributed by atoms with Gasteiger partial charge in [-0.15, -0.1) is 0 Å². The quantitative estimate of drug-likeness (QED) is 0.218. The first-order valence-corrected chi connectivity index (χ1v) is 14.3. The lowest BCUT2D eigenvalue weighted by Gasteiger charge is -2.26. The van der Waals surface area contributed by atoms with Gasteiger partial charge in [0.1, 0.15) is 6.42 Å². The van der Waals surface area contributed by atoms with E-state index in [2.05, 4.69) is 37.2 Å². The van der Waals surface area contributed by atoms with E-state index in [9.17, 15) is 19.8 Å². The van der Waals surface area contributed by atoms with Gasteiger partial charge in [0.2, 0.25) is 5.69 Å². The molecule has 2 heterocycles. The molecule has 2 aliphatic heterocycles. The number of benzene rings is 2. The van der Waals surface area contributed by atoms with Crippen molar-refractivity contribution in [3.05, 3.63) is 106 Å². The van der Waals surface area contributed by atoms with Crippen LogP contribution in [-0.4, -0.2) is 45.5 Å². The van der Waals surface area contributed by atoms with Crippen molar-refractivity contribution in [2.45, 2.75) is 51.4 Å². The monoisotopic (exact) mass is 593 g/mol. The molecule has 0 aliphatic carbocycles. The lowest BCUT2D eigenvalue weighted by atomic mass is 9.81. The Hall–Kier alpha value is -3.61. The van der Waals surface area contributed by atoms with E-state index in [1.165, 1.54) is 0 Å². The van der Waals surface area contributed by atoms with Gasteiger partial charge in [-0.25, -0.2) is 0 Å². The minimum Gasteiger partial charge on any atom is -0.481 e. The second-order valence-electron chi connectivity index (χ2n) is 11.2. The van der Waals surface area contributed by atoms with E-state index in [0.29, 0.717) is 23.1 Å². The molecular formula is C33H35Cl2N2O4+. The van der Waals surface area contributed by atoms with E-state index < -0.39 is 11.9 Å². The van der Waals surface area contributed by atoms with Crippen molar-refractivity contribution in [2.75, 3.05) is 18.0 Å². The van der Waals surface area contributed by atoms with Gasteiger partial charge in [-0.05, 0) is 55.8 Å². The third-order valence-electron chi connectivity index (χ3n) is 7.76. The Kier molecular flexibility index (Phi) is 8.95. The predicted octanol–water partition coefficient (Wildman–Crippen LogP) is 7.67. The Bertz CT molecular complexity index is 1530. The van der Waals surface area contributed by atoms with Gasteiger partial charge in [0.25, 0.3) is 0 Å². The highest BCUT2D eigenvalue weighted by molar-refractivity contribution is 6.31. The van der Waals surface area contributed by atoms with Gasteiger partial charge < -0.3 is 15.1 Å². The first-order chi connectivity index (χ1) is 19.3. The molecule has 0 saturated carbocycles. The number of allylic oxidation sites excluding steroid dienone is 8. The van der Waals surface area contributed by atoms with Gasteiger partial charge >= 0.3 is 11.9 Å². The number of carbonyl (C=O) groups is 2. The van der Waals surface area contributed by atoms with Crippen molar-refractivity contribution >= 4 is 52.2 Å². The predicted molar refractivity (Wildman–Crippen MR) is 166 cm³/mol. The molecule has 0 unspecified atom stereocenters. The van der Waals surface area contributed by atoms with Gasteiger partial charge in [0, 0.05) is 51.1 Å². The maximum absolute atomic E-state index is 11.3. The molecule has 4 rings (SSSR count). The zero-order valence-electron chi connectivity index (χ0n) is 23.7. The summed E-state index contributed by atoms with van der Waals surface area (Å²) in [6, 6.07) is 11.5. The number of fused-ring (bicyclic) bond motifs is 2. The summed E-state index contributed by atoms with van der Waals surface area (Å²) < 4.78 is 2.06. The molecule has 2 aromatic rings. The molecule has 0 bridgehead atoms. The van der Waals surface area contributed by atoms with Crippen LogP contribution in [0.2, 0.25) is 10.0 Å². The van der Waals surface area contributed by atoms with Gasteiger partial charge in [-0.2, -0.15) is 4.58 Å². The van der Waals surface area contributed by atoms with E-state index in [0.717, 1.165) is 33.9 Å². The van der Waals surface area contributed by atoms with Gasteiger partial charge in [-0.3, -0.25) is 9.59 Å². The number of aliphatic carboxylic acids is 2. The van der Waals surface area contributed by atoms with Crippen LogP contribution in [0.5, 0.6) is 0 Å². The van der Waals surface area contributed by atoms with Gasteiger partial charge in [0.05, 0.1) is 11.8 Å². The van der Waals surface area contributed by atoms with Crippen LogP contribution in [0, 0.1) is 0 Å². The maximum atomic E-state index is 11.3. The van der Waals surface area contributed by atoms with Gasteiger partial charge in [0.15, 0.2) is 12.3 Å². The van der Waals surface area contributed by atoms with Crippen LogP contribution in [0.25, 0.3) is 0 Å². The summed E-state index contributed by atoms with van der Waals surface area (Å²) in [7, 11) is 0. The largest absolute Gasteiger partial charge is 0.481 e. The van der Waals surface area contributed by atoms with Crippen LogP contribution in [-0.2, 0) is 20.4 Å². The average molecular weight is 595 g/mol. The minimum absolute atomic E-state index is 0.0264. The number of carboxylic acids is 2. The van der Waals surface area contributed by atoms with E-state index in [-0.39, 0.29) is 23.7 Å². The molecule has 2 aliphatic rings. The van der Waals surface area contributed by atoms with Crippen molar-refractivity contribution < 1.29 is 24.4 Å². The van der Waals surface area contributed by atoms with Crippen LogP contribution in [0.3, 0.4) is 0 Å². The molecule has 0 radical (unpaired) electrons. The van der Waals surface area contributed by atoms with E-state index in [4.69, 9.17) is 23.2 Å². The van der Waals surface area contributed by atoms with E-state index in [1.807, 2.05) is 78.9 Å². The van der Waals surface area contributed by atoms with Crippen molar-refractivity contribution in [3.63, 3.8) is 0 Å². The topological polar surface area (TPSA) is 80.9 Å². The first kappa shape index (κ1) is 30.4. The number of carboxylic acid groups (broad SMARTS) is 2. The van der Waals surface area contributed by atoms with Gasteiger partial charge in [-0.1, -0.05) is 67.4 Å². The molecule has 0 fully saturated rings. The molecule has 0 atom stereocenters. The summed E-state index contributed by atoms with van der Waals surface area (Å²) in [5.41, 5.74) is 5.42. The molecule has 8 heteroatoms. The number of halogens is 2. The number of hydrogen-bond donors (Lipinski definition) is 2. The number of rotatable bonds is 10. The Balaban J connectivity index is 1.55. The zero-order chi connectivity index (χ0) is 29.9. The Labute approximate surface area is 251 Å². The van der Waals surface area contributed by atoms with E-state index in [1.54, 1.807) is 0 Å². The summed E-state index contributed by atoms with van der Waals surface area (Å²) in [6.45, 7) is 9.19. The highest BCUT2D eigenvalue weighted by atomic mass is 35.5. The van der Waals surface area contributed by atoms with E-state index >= 15 is 0 Å². The molecule has 0 amide bonds. The van der Waals surface area contributed by atoms with Crippen LogP contribution < -0.4 is 4.90 Å². The fourth-order valence-corrected chi connectivity index (χ4v) is 6.02. The molecule has 2 aromatic carbocycles. The highest BCUT2D eigenvalue weighted by Gasteiger charge is 2.44. The standard InChI is InChI=1S/C33H34Cl2N2O4/c1-32(2)24-20-22(34)12-14-26(24)36(18-16-30(38)39)28(32)10-8-6-5-7-9-11-29-33(3,4)25-21-23(35)13-15-27(25)37(29)19-17-31(40)41/h5-15,20-21H,16-19H2,1-4H3,(H-,38,39,40,41)/p+1. The molecule has 0 spiro atoms. The van der Waals surface area contributed by atoms with Crippen molar-refractivity contribution in [1.29, 1.82) is 0 Å². The summed E-state index contributed by atoms with van der Waals surface area (Å²) in [5, 5.41) is 19.9. The summed E-state index contributed by atoms with van der Waals surface area (Å²) in [4.78, 5) is 24.7. The molecular weight excluding hydrogens is 559 g/mol. The Morgan fingerprint density at radius 2 is 1.44 bits per heavy atom. The van der Waals surface area contributed by atoms with Crippen molar-refractivity contribution in [1.82, 2.24) is 0 Å². The average Bonchev–Trinajstić information content (AvgIpc) is 3.23. The Morgan fingerprint density at radius 3 is 2.12 bits per heavy atom. The second kappa shape index (κ2) is 12.1. The zero-order valence-corrected chi connectivity index (χ0v) is 25.2. The summed E-state index contributed by atoms with van der Waals surface area (Å²) in [6.07, 6.45) is 13.8. The summed E-state index contributed by atoms with van der Waals surface area (Å²) >= 11 is 12.6. The normalized spacial score (nSPS) is 18.3. The maximum Gasteiger partial charge on any atom is 0.309 e. The van der Waals surface area contributed by atoms with Crippen molar-refractivity contribution in [3.8, 4) is 0 Å². The fraction of sp³-hybridized carbons (Fsp3) is 0.303. The smallest absolute Gasteiger partial charge is 0.309 e. The molecule has 0 aromatic heterocycles. The lowest BCUT2D eigenvalue weighted by Crippen LogP contribution is -2.28. The highest BCUT2D eigenvalue weighted by Crippen LogP contribution is 2.48. The fourth-order valence-electron chi connectivity index (χ4n) is 5.68. The number of anilines is 1. The molecule has 2 N–H and O–H groups in total. The molecule has 41 heavy (non-hydrogen) atoms. The van der Waals surface area contributed by atoms with Crippen LogP contribution in [0.1, 0.15) is 51.7 Å². The van der Waals surface area contributed by atoms with Crippen LogP contribution in [0.4, 0.5) is 11.4 Å². The second-order valence-corrected chi connectivity index (χ2v) is 12.1. The molecule has 0 saturated heterocycles. The van der Waals surface area contributed by atoms with Crippen molar-refractivity contribution in [2.24, 2.45) is 0 Å². The Morgan fingerprint density at radius 1 is 0.829 bits per heavy atom. The molecule has 214 valence electrons. The molecule has 6 nitrogen and oxygen atoms in total. The summed E-state index contributed by atoms with van der Waals surface area (Å²) in [5.74, 6) is -1.68. The number of hydrogen-bond acceptors (Lipinski definition) is 3. The third-order valence-corrected chi connectivity index (χ3v) is 8.23. The first-order valence-electron chi connectivity index (χ1n) is 13.5. The van der Waals surface area contributed by atoms with Crippen LogP contribution in [0.15, 0.2) is 84.6 Å². The lowest BCUT2D eigenvalue weighted by molar-refractivity contribution is -0.436. The number of nitrogens with zero attached hydrogens (tertiary/aromatic N) is 2.